The van der Waals surface area contributed by atoms with Crippen LogP contribution in [0.15, 0.2) is 34.9 Å². The molecule has 0 atom stereocenters. The number of hydrogen-bond acceptors (Lipinski definition) is 3. The molecule has 0 bridgehead atoms. The van der Waals surface area contributed by atoms with Gasteiger partial charge in [0.2, 0.25) is 0 Å². The second kappa shape index (κ2) is 4.31. The fraction of sp³-hybridized carbons (Fsp3) is 0.214. The summed E-state index contributed by atoms with van der Waals surface area (Å²) < 4.78 is 5.55. The number of nitrogens with zero attached hydrogens (tertiary/aromatic N) is 1. The fourth-order valence-electron chi connectivity index (χ4n) is 2.20. The van der Waals surface area contributed by atoms with Crippen LogP contribution in [0.4, 0.5) is 0 Å². The molecule has 3 rings (SSSR count). The Bertz CT molecular complexity index is 681. The minimum absolute atomic E-state index is 0.596. The number of furan rings is 1. The number of rotatable bonds is 3. The van der Waals surface area contributed by atoms with Crippen LogP contribution in [0.1, 0.15) is 11.5 Å². The van der Waals surface area contributed by atoms with Crippen molar-refractivity contribution >= 4 is 11.0 Å². The number of fused-ring (bicyclic) bond motifs is 1. The maximum Gasteiger partial charge on any atom is 0.134 e. The Labute approximate surface area is 105 Å². The van der Waals surface area contributed by atoms with Gasteiger partial charge < -0.3 is 15.1 Å². The molecule has 0 aliphatic rings. The van der Waals surface area contributed by atoms with Gasteiger partial charge in [-0.25, -0.2) is 4.98 Å². The molecule has 0 aliphatic heterocycles. The summed E-state index contributed by atoms with van der Waals surface area (Å²) in [5.41, 5.74) is 9.46. The topological polar surface area (TPSA) is 67.8 Å². The largest absolute Gasteiger partial charge is 0.464 e. The first-order chi connectivity index (χ1) is 8.79. The zero-order valence-electron chi connectivity index (χ0n) is 10.2. The molecular weight excluding hydrogens is 226 g/mol. The average Bonchev–Trinajstić information content (AvgIpc) is 2.93. The van der Waals surface area contributed by atoms with Gasteiger partial charge >= 0.3 is 0 Å². The maximum absolute atomic E-state index is 5.55. The molecule has 1 aromatic carbocycles. The summed E-state index contributed by atoms with van der Waals surface area (Å²) in [6, 6.07) is 7.98. The van der Waals surface area contributed by atoms with Crippen molar-refractivity contribution in [1.82, 2.24) is 9.97 Å². The summed E-state index contributed by atoms with van der Waals surface area (Å²) in [5, 5.41) is 1.09. The van der Waals surface area contributed by atoms with Crippen molar-refractivity contribution in [3.05, 3.63) is 42.0 Å². The minimum Gasteiger partial charge on any atom is -0.464 e. The zero-order chi connectivity index (χ0) is 12.5. The molecule has 0 radical (unpaired) electrons. The smallest absolute Gasteiger partial charge is 0.134 e. The minimum atomic E-state index is 0.596. The molecule has 4 heteroatoms. The highest BCUT2D eigenvalue weighted by atomic mass is 16.3. The van der Waals surface area contributed by atoms with E-state index in [1.165, 1.54) is 0 Å². The number of para-hydroxylation sites is 1. The van der Waals surface area contributed by atoms with Gasteiger partial charge in [-0.2, -0.15) is 0 Å². The summed E-state index contributed by atoms with van der Waals surface area (Å²) in [6.45, 7) is 2.61. The van der Waals surface area contributed by atoms with Gasteiger partial charge in [0.1, 0.15) is 17.7 Å². The van der Waals surface area contributed by atoms with Gasteiger partial charge in [-0.1, -0.05) is 18.2 Å². The Morgan fingerprint density at radius 3 is 3.00 bits per heavy atom. The van der Waals surface area contributed by atoms with Gasteiger partial charge in [0, 0.05) is 23.1 Å². The van der Waals surface area contributed by atoms with E-state index in [2.05, 4.69) is 9.97 Å². The molecule has 0 aliphatic carbocycles. The molecule has 3 aromatic rings. The van der Waals surface area contributed by atoms with Crippen LogP contribution in [-0.2, 0) is 6.42 Å². The fourth-order valence-corrected chi connectivity index (χ4v) is 2.20. The highest BCUT2D eigenvalue weighted by Gasteiger charge is 2.13. The van der Waals surface area contributed by atoms with Crippen LogP contribution in [0, 0.1) is 6.92 Å². The monoisotopic (exact) mass is 241 g/mol. The highest BCUT2D eigenvalue weighted by molar-refractivity contribution is 5.93. The van der Waals surface area contributed by atoms with Gasteiger partial charge in [0.15, 0.2) is 0 Å². The standard InChI is InChI=1S/C14H15N3O/c1-9-14(17-13(16-9)6-7-15)11-8-18-12-5-3-2-4-10(11)12/h2-5,8H,6-7,15H2,1H3,(H,16,17). The molecule has 18 heavy (non-hydrogen) atoms. The molecule has 0 saturated heterocycles. The van der Waals surface area contributed by atoms with E-state index in [-0.39, 0.29) is 0 Å². The van der Waals surface area contributed by atoms with Crippen molar-refractivity contribution in [2.45, 2.75) is 13.3 Å². The van der Waals surface area contributed by atoms with E-state index in [0.29, 0.717) is 6.54 Å². The first-order valence-electron chi connectivity index (χ1n) is 6.01. The summed E-state index contributed by atoms with van der Waals surface area (Å²) in [7, 11) is 0. The predicted octanol–water partition coefficient (Wildman–Crippen LogP) is 2.63. The lowest BCUT2D eigenvalue weighted by Crippen LogP contribution is -2.03. The molecule has 0 saturated carbocycles. The zero-order valence-corrected chi connectivity index (χ0v) is 10.2. The molecule has 0 amide bonds. The van der Waals surface area contributed by atoms with Crippen LogP contribution in [-0.4, -0.2) is 16.5 Å². The summed E-state index contributed by atoms with van der Waals surface area (Å²) in [6.07, 6.45) is 2.52. The number of nitrogens with two attached hydrogens (primary N) is 1. The lowest BCUT2D eigenvalue weighted by Gasteiger charge is -1.94. The number of aromatic amines is 1. The van der Waals surface area contributed by atoms with Gasteiger partial charge in [-0.15, -0.1) is 0 Å². The number of nitrogens with one attached hydrogen (secondary N) is 1. The van der Waals surface area contributed by atoms with E-state index in [1.807, 2.05) is 31.2 Å². The number of aryl methyl sites for hydroxylation is 1. The van der Waals surface area contributed by atoms with Crippen LogP contribution in [0.3, 0.4) is 0 Å². The van der Waals surface area contributed by atoms with E-state index in [4.69, 9.17) is 10.2 Å². The van der Waals surface area contributed by atoms with Crippen molar-refractivity contribution in [3.8, 4) is 11.3 Å². The van der Waals surface area contributed by atoms with E-state index >= 15 is 0 Å². The van der Waals surface area contributed by atoms with E-state index < -0.39 is 0 Å². The maximum atomic E-state index is 5.55. The highest BCUT2D eigenvalue weighted by Crippen LogP contribution is 2.31. The normalized spacial score (nSPS) is 11.2. The van der Waals surface area contributed by atoms with Crippen LogP contribution in [0.5, 0.6) is 0 Å². The van der Waals surface area contributed by atoms with Crippen molar-refractivity contribution in [2.75, 3.05) is 6.54 Å². The molecule has 0 unspecified atom stereocenters. The Kier molecular flexibility index (Phi) is 2.64. The van der Waals surface area contributed by atoms with E-state index in [1.54, 1.807) is 6.26 Å². The third kappa shape index (κ3) is 1.71. The third-order valence-corrected chi connectivity index (χ3v) is 3.05. The van der Waals surface area contributed by atoms with Crippen LogP contribution in [0.2, 0.25) is 0 Å². The average molecular weight is 241 g/mol. The summed E-state index contributed by atoms with van der Waals surface area (Å²) in [5.74, 6) is 0.926. The van der Waals surface area contributed by atoms with Gasteiger partial charge in [0.25, 0.3) is 0 Å². The lowest BCUT2D eigenvalue weighted by atomic mass is 10.1. The number of imidazole rings is 1. The third-order valence-electron chi connectivity index (χ3n) is 3.05. The second-order valence-electron chi connectivity index (χ2n) is 4.34. The van der Waals surface area contributed by atoms with Crippen molar-refractivity contribution in [3.63, 3.8) is 0 Å². The number of aromatic nitrogens is 2. The van der Waals surface area contributed by atoms with Gasteiger partial charge in [-0.3, -0.25) is 0 Å². The molecule has 2 heterocycles. The Hall–Kier alpha value is -2.07. The van der Waals surface area contributed by atoms with Crippen molar-refractivity contribution in [2.24, 2.45) is 5.73 Å². The summed E-state index contributed by atoms with van der Waals surface area (Å²) >= 11 is 0. The quantitative estimate of drug-likeness (QED) is 0.740. The SMILES string of the molecule is Cc1[nH]c(CCN)nc1-c1coc2ccccc12. The second-order valence-corrected chi connectivity index (χ2v) is 4.34. The molecule has 92 valence electrons. The van der Waals surface area contributed by atoms with E-state index in [9.17, 15) is 0 Å². The predicted molar refractivity (Wildman–Crippen MR) is 71.3 cm³/mol. The van der Waals surface area contributed by atoms with Crippen molar-refractivity contribution < 1.29 is 4.42 Å². The molecule has 3 N–H and O–H groups in total. The molecule has 2 aromatic heterocycles. The molecule has 0 fully saturated rings. The van der Waals surface area contributed by atoms with Gasteiger partial charge in [0.05, 0.1) is 5.69 Å². The van der Waals surface area contributed by atoms with Crippen molar-refractivity contribution in [1.29, 1.82) is 0 Å². The molecule has 4 nitrogen and oxygen atoms in total. The number of H-pyrrole nitrogens is 1. The number of benzene rings is 1. The van der Waals surface area contributed by atoms with E-state index in [0.717, 1.165) is 40.2 Å². The van der Waals surface area contributed by atoms with Crippen LogP contribution in [0.25, 0.3) is 22.2 Å². The Balaban J connectivity index is 2.14. The van der Waals surface area contributed by atoms with Crippen LogP contribution < -0.4 is 5.73 Å². The lowest BCUT2D eigenvalue weighted by molar-refractivity contribution is 0.617. The summed E-state index contributed by atoms with van der Waals surface area (Å²) in [4.78, 5) is 7.86. The Morgan fingerprint density at radius 2 is 2.17 bits per heavy atom. The molecular formula is C14H15N3O. The first-order valence-corrected chi connectivity index (χ1v) is 6.01. The molecule has 0 spiro atoms. The van der Waals surface area contributed by atoms with Gasteiger partial charge in [-0.05, 0) is 19.5 Å². The first kappa shape index (κ1) is 11.0. The number of hydrogen-bond donors (Lipinski definition) is 2. The van der Waals surface area contributed by atoms with Crippen LogP contribution >= 0.6 is 0 Å². The Morgan fingerprint density at radius 1 is 1.33 bits per heavy atom.